The predicted molar refractivity (Wildman–Crippen MR) is 79.0 cm³/mol. The van der Waals surface area contributed by atoms with Gasteiger partial charge in [0.1, 0.15) is 0 Å². The van der Waals surface area contributed by atoms with E-state index in [9.17, 15) is 4.79 Å². The van der Waals surface area contributed by atoms with E-state index in [1.54, 1.807) is 31.2 Å². The number of hydrogen-bond donors (Lipinski definition) is 2. The van der Waals surface area contributed by atoms with Crippen molar-refractivity contribution < 1.29 is 9.53 Å². The quantitative estimate of drug-likeness (QED) is 0.621. The second kappa shape index (κ2) is 7.43. The Hall–Kier alpha value is -1.17. The summed E-state index contributed by atoms with van der Waals surface area (Å²) in [4.78, 5) is 13.3. The van der Waals surface area contributed by atoms with Crippen LogP contribution in [0.1, 0.15) is 0 Å². The smallest absolute Gasteiger partial charge is 0.239 e. The number of anilines is 2. The third-order valence-corrected chi connectivity index (χ3v) is 3.01. The lowest BCUT2D eigenvalue weighted by molar-refractivity contribution is -0.119. The van der Waals surface area contributed by atoms with Gasteiger partial charge in [0.25, 0.3) is 0 Å². The highest BCUT2D eigenvalue weighted by Gasteiger charge is 2.14. The van der Waals surface area contributed by atoms with Gasteiger partial charge in [-0.25, -0.2) is 0 Å². The van der Waals surface area contributed by atoms with Gasteiger partial charge >= 0.3 is 0 Å². The maximum absolute atomic E-state index is 11.7. The summed E-state index contributed by atoms with van der Waals surface area (Å²) in [7, 11) is 3.31. The lowest BCUT2D eigenvalue weighted by Crippen LogP contribution is -2.36. The summed E-state index contributed by atoms with van der Waals surface area (Å²) in [6.45, 7) is 1.08. The highest BCUT2D eigenvalue weighted by atomic mass is 35.5. The zero-order valence-corrected chi connectivity index (χ0v) is 12.4. The summed E-state index contributed by atoms with van der Waals surface area (Å²) in [5.41, 5.74) is 6.70. The first-order valence-corrected chi connectivity index (χ1v) is 6.42. The molecular formula is C12H17Cl2N3O2. The second-order valence-electron chi connectivity index (χ2n) is 4.03. The van der Waals surface area contributed by atoms with Gasteiger partial charge < -0.3 is 20.7 Å². The molecule has 106 valence electrons. The van der Waals surface area contributed by atoms with Crippen molar-refractivity contribution in [3.05, 3.63) is 22.2 Å². The van der Waals surface area contributed by atoms with E-state index in [4.69, 9.17) is 33.7 Å². The molecule has 0 fully saturated rings. The van der Waals surface area contributed by atoms with Gasteiger partial charge in [0.15, 0.2) is 0 Å². The molecule has 0 atom stereocenters. The van der Waals surface area contributed by atoms with Crippen molar-refractivity contribution in [3.8, 4) is 0 Å². The Morgan fingerprint density at radius 3 is 2.53 bits per heavy atom. The molecular weight excluding hydrogens is 289 g/mol. The number of nitrogens with zero attached hydrogens (tertiary/aromatic N) is 1. The first kappa shape index (κ1) is 15.9. The van der Waals surface area contributed by atoms with Gasteiger partial charge in [-0.3, -0.25) is 4.79 Å². The van der Waals surface area contributed by atoms with Crippen LogP contribution in [-0.2, 0) is 9.53 Å². The summed E-state index contributed by atoms with van der Waals surface area (Å²) in [5.74, 6) is -0.136. The fraction of sp³-hybridized carbons (Fsp3) is 0.417. The van der Waals surface area contributed by atoms with Crippen LogP contribution in [0.25, 0.3) is 0 Å². The summed E-state index contributed by atoms with van der Waals surface area (Å²) in [6, 6.07) is 3.20. The van der Waals surface area contributed by atoms with E-state index >= 15 is 0 Å². The third-order valence-electron chi connectivity index (χ3n) is 2.43. The second-order valence-corrected chi connectivity index (χ2v) is 4.85. The number of nitrogens with two attached hydrogens (primary N) is 1. The van der Waals surface area contributed by atoms with Gasteiger partial charge in [-0.15, -0.1) is 0 Å². The van der Waals surface area contributed by atoms with E-state index in [2.05, 4.69) is 5.32 Å². The number of benzene rings is 1. The maximum atomic E-state index is 11.7. The van der Waals surface area contributed by atoms with Crippen LogP contribution in [0.5, 0.6) is 0 Å². The van der Waals surface area contributed by atoms with Crippen molar-refractivity contribution in [3.63, 3.8) is 0 Å². The summed E-state index contributed by atoms with van der Waals surface area (Å²) in [5, 5.41) is 3.55. The van der Waals surface area contributed by atoms with Gasteiger partial charge in [-0.2, -0.15) is 0 Å². The lowest BCUT2D eigenvalue weighted by atomic mass is 10.2. The van der Waals surface area contributed by atoms with Gasteiger partial charge in [0.2, 0.25) is 5.91 Å². The molecule has 7 heteroatoms. The molecule has 0 aliphatic carbocycles. The average molecular weight is 306 g/mol. The molecule has 0 aliphatic heterocycles. The number of nitrogens with one attached hydrogen (secondary N) is 1. The minimum Gasteiger partial charge on any atom is -0.399 e. The number of ether oxygens (including phenoxy) is 1. The van der Waals surface area contributed by atoms with Crippen molar-refractivity contribution in [2.24, 2.45) is 0 Å². The number of amides is 1. The number of hydrogen-bond acceptors (Lipinski definition) is 4. The molecule has 1 rings (SSSR count). The fourth-order valence-electron chi connectivity index (χ4n) is 1.59. The Bertz CT molecular complexity index is 432. The molecule has 0 spiro atoms. The number of carbonyl (C=O) groups excluding carboxylic acids is 1. The molecule has 5 nitrogen and oxygen atoms in total. The number of halogens is 2. The standard InChI is InChI=1S/C12H17Cl2N3O2/c1-17(7-11(18)16-3-4-19-2)12-9(13)5-8(15)6-10(12)14/h5-6H,3-4,7,15H2,1-2H3,(H,16,18). The van der Waals surface area contributed by atoms with Crippen LogP contribution in [0.2, 0.25) is 10.0 Å². The highest BCUT2D eigenvalue weighted by molar-refractivity contribution is 6.39. The van der Waals surface area contributed by atoms with Gasteiger partial charge in [-0.1, -0.05) is 23.2 Å². The number of nitrogen functional groups attached to an aromatic ring is 1. The molecule has 0 heterocycles. The zero-order valence-electron chi connectivity index (χ0n) is 10.9. The van der Waals surface area contributed by atoms with E-state index in [0.29, 0.717) is 34.6 Å². The van der Waals surface area contributed by atoms with Crippen LogP contribution in [0, 0.1) is 0 Å². The van der Waals surface area contributed by atoms with Crippen molar-refractivity contribution in [1.82, 2.24) is 5.32 Å². The molecule has 0 saturated carbocycles. The molecule has 1 aromatic carbocycles. The van der Waals surface area contributed by atoms with E-state index in [1.165, 1.54) is 0 Å². The highest BCUT2D eigenvalue weighted by Crippen LogP contribution is 2.35. The lowest BCUT2D eigenvalue weighted by Gasteiger charge is -2.21. The molecule has 0 unspecified atom stereocenters. The minimum atomic E-state index is -0.136. The van der Waals surface area contributed by atoms with Crippen molar-refractivity contribution >= 4 is 40.5 Å². The molecule has 0 saturated heterocycles. The first-order valence-electron chi connectivity index (χ1n) is 5.67. The van der Waals surface area contributed by atoms with Gasteiger partial charge in [0, 0.05) is 26.4 Å². The summed E-state index contributed by atoms with van der Waals surface area (Å²) in [6.07, 6.45) is 0. The number of rotatable bonds is 6. The van der Waals surface area contributed by atoms with Crippen LogP contribution in [0.4, 0.5) is 11.4 Å². The fourth-order valence-corrected chi connectivity index (χ4v) is 2.39. The van der Waals surface area contributed by atoms with E-state index in [1.807, 2.05) is 0 Å². The number of methoxy groups -OCH3 is 1. The number of carbonyl (C=O) groups is 1. The molecule has 19 heavy (non-hydrogen) atoms. The normalized spacial score (nSPS) is 10.3. The van der Waals surface area contributed by atoms with Crippen LogP contribution >= 0.6 is 23.2 Å². The third kappa shape index (κ3) is 4.78. The van der Waals surface area contributed by atoms with Crippen LogP contribution in [0.3, 0.4) is 0 Å². The first-order chi connectivity index (χ1) is 8.95. The van der Waals surface area contributed by atoms with E-state index in [0.717, 1.165) is 0 Å². The van der Waals surface area contributed by atoms with Gasteiger partial charge in [-0.05, 0) is 12.1 Å². The zero-order chi connectivity index (χ0) is 14.4. The summed E-state index contributed by atoms with van der Waals surface area (Å²) < 4.78 is 4.85. The van der Waals surface area contributed by atoms with Crippen LogP contribution < -0.4 is 16.0 Å². The Balaban J connectivity index is 2.68. The SMILES string of the molecule is COCCNC(=O)CN(C)c1c(Cl)cc(N)cc1Cl. The molecule has 3 N–H and O–H groups in total. The van der Waals surface area contributed by atoms with Crippen LogP contribution in [0.15, 0.2) is 12.1 Å². The largest absolute Gasteiger partial charge is 0.399 e. The minimum absolute atomic E-state index is 0.136. The molecule has 1 amide bonds. The molecule has 0 aliphatic rings. The predicted octanol–water partition coefficient (Wildman–Crippen LogP) is 1.77. The Kier molecular flexibility index (Phi) is 6.21. The molecule has 1 aromatic rings. The van der Waals surface area contributed by atoms with Crippen molar-refractivity contribution in [1.29, 1.82) is 0 Å². The average Bonchev–Trinajstić information content (AvgIpc) is 2.27. The maximum Gasteiger partial charge on any atom is 0.239 e. The van der Waals surface area contributed by atoms with Crippen LogP contribution in [-0.4, -0.2) is 39.8 Å². The van der Waals surface area contributed by atoms with Crippen molar-refractivity contribution in [2.45, 2.75) is 0 Å². The molecule has 0 bridgehead atoms. The topological polar surface area (TPSA) is 67.6 Å². The monoisotopic (exact) mass is 305 g/mol. The summed E-state index contributed by atoms with van der Waals surface area (Å²) >= 11 is 12.2. The van der Waals surface area contributed by atoms with E-state index < -0.39 is 0 Å². The Labute approximate surface area is 122 Å². The van der Waals surface area contributed by atoms with Gasteiger partial charge in [0.05, 0.1) is 28.9 Å². The Morgan fingerprint density at radius 1 is 1.42 bits per heavy atom. The van der Waals surface area contributed by atoms with E-state index in [-0.39, 0.29) is 12.5 Å². The Morgan fingerprint density at radius 2 is 2.00 bits per heavy atom. The molecule has 0 aromatic heterocycles. The number of likely N-dealkylation sites (N-methyl/N-ethyl adjacent to an activating group) is 1. The molecule has 0 radical (unpaired) electrons. The van der Waals surface area contributed by atoms with Crippen molar-refractivity contribution in [2.75, 3.05) is 44.5 Å².